The van der Waals surface area contributed by atoms with Crippen molar-refractivity contribution < 1.29 is 14.3 Å². The van der Waals surface area contributed by atoms with Crippen LogP contribution in [0.5, 0.6) is 0 Å². The van der Waals surface area contributed by atoms with Gasteiger partial charge in [-0.05, 0) is 75.4 Å². The molecule has 3 saturated heterocycles. The third kappa shape index (κ3) is 4.35. The summed E-state index contributed by atoms with van der Waals surface area (Å²) in [5, 5.41) is 5.87. The number of anilines is 1. The number of fused-ring (bicyclic) bond motifs is 3. The van der Waals surface area contributed by atoms with Crippen LogP contribution in [0, 0.1) is 13.8 Å². The van der Waals surface area contributed by atoms with Crippen LogP contribution >= 0.6 is 0 Å². The van der Waals surface area contributed by atoms with Gasteiger partial charge in [0.2, 0.25) is 0 Å². The lowest BCUT2D eigenvalue weighted by Crippen LogP contribution is -2.37. The molecule has 0 saturated carbocycles. The van der Waals surface area contributed by atoms with Gasteiger partial charge in [0, 0.05) is 24.5 Å². The van der Waals surface area contributed by atoms with Gasteiger partial charge in [-0.25, -0.2) is 14.6 Å². The lowest BCUT2D eigenvalue weighted by molar-refractivity contribution is -0.141. The summed E-state index contributed by atoms with van der Waals surface area (Å²) >= 11 is 0. The van der Waals surface area contributed by atoms with E-state index >= 15 is 0 Å². The molecule has 3 aliphatic rings. The van der Waals surface area contributed by atoms with Gasteiger partial charge in [0.05, 0.1) is 44.0 Å². The molecule has 2 bridgehead atoms. The zero-order valence-corrected chi connectivity index (χ0v) is 21.3. The number of aromatic nitrogens is 4. The number of morpholine rings is 1. The Balaban J connectivity index is 1.25. The maximum Gasteiger partial charge on any atom is 0.306 e. The summed E-state index contributed by atoms with van der Waals surface area (Å²) in [4.78, 5) is 25.8. The van der Waals surface area contributed by atoms with Gasteiger partial charge >= 0.3 is 5.97 Å². The highest BCUT2D eigenvalue weighted by Crippen LogP contribution is 2.35. The third-order valence-corrected chi connectivity index (χ3v) is 8.07. The molecule has 2 atom stereocenters. The van der Waals surface area contributed by atoms with Gasteiger partial charge in [0.1, 0.15) is 11.6 Å². The number of carbonyl (C=O) groups excluding carboxylic acids is 1. The molecule has 0 unspecified atom stereocenters. The van der Waals surface area contributed by atoms with E-state index in [4.69, 9.17) is 24.5 Å². The average Bonchev–Trinajstić information content (AvgIpc) is 3.62. The first-order valence-electron chi connectivity index (χ1n) is 13.0. The maximum absolute atomic E-state index is 11.5. The van der Waals surface area contributed by atoms with E-state index in [9.17, 15) is 4.79 Å². The minimum atomic E-state index is -0.139. The molecule has 0 radical (unpaired) electrons. The van der Waals surface area contributed by atoms with Crippen molar-refractivity contribution in [3.05, 3.63) is 41.3 Å². The van der Waals surface area contributed by atoms with E-state index in [-0.39, 0.29) is 5.97 Å². The van der Waals surface area contributed by atoms with Crippen LogP contribution in [-0.4, -0.2) is 82.7 Å². The number of ether oxygens (including phenoxy) is 2. The number of rotatable bonds is 6. The first-order valence-corrected chi connectivity index (χ1v) is 13.0. The van der Waals surface area contributed by atoms with Crippen molar-refractivity contribution in [1.29, 1.82) is 0 Å². The molecule has 9 nitrogen and oxygen atoms in total. The summed E-state index contributed by atoms with van der Waals surface area (Å²) < 4.78 is 12.5. The molecule has 36 heavy (non-hydrogen) atoms. The highest BCUT2D eigenvalue weighted by Gasteiger charge is 2.39. The van der Waals surface area contributed by atoms with Crippen molar-refractivity contribution in [2.75, 3.05) is 44.8 Å². The molecule has 3 fully saturated rings. The number of hydrogen-bond donors (Lipinski definition) is 0. The number of carbonyl (C=O) groups is 1. The fraction of sp³-hybridized carbons (Fsp3) is 0.556. The molecule has 0 N–H and O–H groups in total. The topological polar surface area (TPSA) is 85.6 Å². The Morgan fingerprint density at radius 2 is 1.94 bits per heavy atom. The molecule has 0 amide bonds. The van der Waals surface area contributed by atoms with Crippen molar-refractivity contribution in [3.63, 3.8) is 0 Å². The minimum Gasteiger partial charge on any atom is -0.469 e. The molecule has 0 spiro atoms. The van der Waals surface area contributed by atoms with E-state index in [1.54, 1.807) is 0 Å². The summed E-state index contributed by atoms with van der Waals surface area (Å²) in [5.74, 6) is 2.88. The van der Waals surface area contributed by atoms with Crippen LogP contribution < -0.4 is 4.90 Å². The largest absolute Gasteiger partial charge is 0.469 e. The number of nitrogens with zero attached hydrogens (tertiary/aromatic N) is 6. The molecule has 9 heteroatoms. The predicted octanol–water partition coefficient (Wildman–Crippen LogP) is 3.15. The lowest BCUT2D eigenvalue weighted by atomic mass is 9.86. The van der Waals surface area contributed by atoms with Crippen LogP contribution in [0.4, 0.5) is 5.82 Å². The predicted molar refractivity (Wildman–Crippen MR) is 137 cm³/mol. The second-order valence-electron chi connectivity index (χ2n) is 10.4. The second-order valence-corrected chi connectivity index (χ2v) is 10.4. The van der Waals surface area contributed by atoms with Gasteiger partial charge < -0.3 is 19.3 Å². The van der Waals surface area contributed by atoms with Gasteiger partial charge in [-0.3, -0.25) is 4.79 Å². The number of methoxy groups -OCH3 is 1. The fourth-order valence-corrected chi connectivity index (χ4v) is 6.12. The molecule has 2 aromatic heterocycles. The number of esters is 1. The van der Waals surface area contributed by atoms with Crippen LogP contribution in [0.3, 0.4) is 0 Å². The van der Waals surface area contributed by atoms with Gasteiger partial charge in [-0.1, -0.05) is 0 Å². The van der Waals surface area contributed by atoms with Gasteiger partial charge in [0.25, 0.3) is 0 Å². The number of benzene rings is 1. The number of hydrogen-bond acceptors (Lipinski definition) is 8. The van der Waals surface area contributed by atoms with Gasteiger partial charge in [-0.15, -0.1) is 0 Å². The molecule has 6 rings (SSSR count). The Morgan fingerprint density at radius 1 is 1.14 bits per heavy atom. The molecular weight excluding hydrogens is 456 g/mol. The van der Waals surface area contributed by atoms with Crippen LogP contribution in [0.25, 0.3) is 16.7 Å². The first kappa shape index (κ1) is 23.4. The second kappa shape index (κ2) is 9.44. The SMILES string of the molecule is COC(=O)CCN1CCC(c2cc3c(cnn3-c3cc(N4C[C@@H]5C[C@H]4CO5)nc(C)n3)cc2C)CC1. The van der Waals surface area contributed by atoms with Crippen LogP contribution in [-0.2, 0) is 14.3 Å². The van der Waals surface area contributed by atoms with E-state index in [1.807, 2.05) is 17.8 Å². The summed E-state index contributed by atoms with van der Waals surface area (Å²) in [6.07, 6.45) is 5.95. The van der Waals surface area contributed by atoms with Crippen molar-refractivity contribution in [1.82, 2.24) is 24.6 Å². The lowest BCUT2D eigenvalue weighted by Gasteiger charge is -2.32. The Kier molecular flexibility index (Phi) is 6.13. The third-order valence-electron chi connectivity index (χ3n) is 8.07. The number of likely N-dealkylation sites (tertiary alicyclic amines) is 1. The Labute approximate surface area is 211 Å². The monoisotopic (exact) mass is 490 g/mol. The van der Waals surface area contributed by atoms with Crippen LogP contribution in [0.15, 0.2) is 24.4 Å². The molecular formula is C27H34N6O3. The zero-order chi connectivity index (χ0) is 24.8. The molecule has 3 aromatic rings. The summed E-state index contributed by atoms with van der Waals surface area (Å²) in [5.41, 5.74) is 3.78. The van der Waals surface area contributed by atoms with Crippen LogP contribution in [0.1, 0.15) is 48.6 Å². The minimum absolute atomic E-state index is 0.139. The average molecular weight is 491 g/mol. The van der Waals surface area contributed by atoms with E-state index in [0.29, 0.717) is 24.5 Å². The van der Waals surface area contributed by atoms with Gasteiger partial charge in [0.15, 0.2) is 5.82 Å². The molecule has 0 aliphatic carbocycles. The van der Waals surface area contributed by atoms with E-state index < -0.39 is 0 Å². The maximum atomic E-state index is 11.5. The Morgan fingerprint density at radius 3 is 2.67 bits per heavy atom. The Hall–Kier alpha value is -3.04. The molecule has 1 aromatic carbocycles. The molecule has 3 aliphatic heterocycles. The summed E-state index contributed by atoms with van der Waals surface area (Å²) in [6, 6.07) is 7.04. The first-order chi connectivity index (χ1) is 17.5. The standard InChI is InChI=1S/C27H34N6O3/c1-17-10-20-14-28-33(26-13-25(29-18(2)30-26)32-15-22-11-21(32)16-36-22)24(20)12-23(17)19-4-7-31(8-5-19)9-6-27(34)35-3/h10,12-14,19,21-22H,4-9,11,15-16H2,1-3H3/t21-,22-/m0/s1. The highest BCUT2D eigenvalue weighted by molar-refractivity contribution is 5.82. The van der Waals surface area contributed by atoms with Crippen molar-refractivity contribution in [2.45, 2.75) is 57.6 Å². The quantitative estimate of drug-likeness (QED) is 0.487. The number of aryl methyl sites for hydroxylation is 2. The van der Waals surface area contributed by atoms with Crippen LogP contribution in [0.2, 0.25) is 0 Å². The molecule has 5 heterocycles. The fourth-order valence-electron chi connectivity index (χ4n) is 6.12. The summed E-state index contributed by atoms with van der Waals surface area (Å²) in [7, 11) is 1.45. The van der Waals surface area contributed by atoms with Gasteiger partial charge in [-0.2, -0.15) is 5.10 Å². The smallest absolute Gasteiger partial charge is 0.306 e. The zero-order valence-electron chi connectivity index (χ0n) is 21.3. The molecule has 190 valence electrons. The van der Waals surface area contributed by atoms with E-state index in [2.05, 4.69) is 34.9 Å². The van der Waals surface area contributed by atoms with E-state index in [1.165, 1.54) is 18.2 Å². The van der Waals surface area contributed by atoms with E-state index in [0.717, 1.165) is 80.4 Å². The summed E-state index contributed by atoms with van der Waals surface area (Å²) in [6.45, 7) is 8.58. The Bertz CT molecular complexity index is 1280. The van der Waals surface area contributed by atoms with Crippen molar-refractivity contribution in [3.8, 4) is 5.82 Å². The van der Waals surface area contributed by atoms with Crippen molar-refractivity contribution >= 4 is 22.7 Å². The van der Waals surface area contributed by atoms with Crippen molar-refractivity contribution in [2.24, 2.45) is 0 Å². The number of piperidine rings is 1. The highest BCUT2D eigenvalue weighted by atomic mass is 16.5. The normalized spacial score (nSPS) is 22.6.